The zero-order chi connectivity index (χ0) is 43.6. The first-order valence-corrected chi connectivity index (χ1v) is 18.5. The zero-order valence-corrected chi connectivity index (χ0v) is 31.9. The summed E-state index contributed by atoms with van der Waals surface area (Å²) >= 11 is 0. The molecule has 3 aromatic rings. The van der Waals surface area contributed by atoms with Crippen LogP contribution in [-0.4, -0.2) is 164 Å². The van der Waals surface area contributed by atoms with E-state index in [2.05, 4.69) is 10.6 Å². The molecule has 0 saturated carbocycles. The van der Waals surface area contributed by atoms with Gasteiger partial charge in [-0.1, -0.05) is 6.07 Å². The number of rotatable bonds is 10. The van der Waals surface area contributed by atoms with E-state index in [1.54, 1.807) is 0 Å². The zero-order valence-electron chi connectivity index (χ0n) is 31.9. The topological polar surface area (TPSA) is 341 Å². The Labute approximate surface area is 338 Å². The molecule has 0 aromatic heterocycles. The summed E-state index contributed by atoms with van der Waals surface area (Å²) in [7, 11) is 2.70. The number of aliphatic hydroxyl groups is 6. The number of fused-ring (bicyclic) bond motifs is 5. The van der Waals surface area contributed by atoms with E-state index in [4.69, 9.17) is 23.7 Å². The molecule has 60 heavy (non-hydrogen) atoms. The standard InChI is InChI=1S/C39H42N2O19/c1-11-4-16-24(31(51)21(11)37(55)41-8-20(45)46)23-14(7-15-25(32(23)52)28(48)13-5-12(56-3)6-17(43)22(13)27(15)47)29(49)35(16)59-39-34(54)36(26(40-2)19(9-42)58-39)60-38-33(53)30(50)18(44)10-57-38/h4-7,18-19,26,29-30,33-36,38-40,42-44,49-54H,8-10H2,1-3H3,(H,41,55)(H,45,46)/t18-,19-,26+,29+,30+,33-,34-,35+,36+,38+,39+/m1/s1. The predicted octanol–water partition coefficient (Wildman–Crippen LogP) is -2.03. The number of ketones is 2. The first kappa shape index (κ1) is 42.8. The van der Waals surface area contributed by atoms with Crippen LogP contribution in [0.15, 0.2) is 24.3 Å². The van der Waals surface area contributed by atoms with Crippen molar-refractivity contribution in [3.8, 4) is 34.1 Å². The molecule has 2 saturated heterocycles. The number of hydrogen-bond acceptors (Lipinski definition) is 19. The minimum absolute atomic E-state index is 0.00209. The van der Waals surface area contributed by atoms with E-state index in [9.17, 15) is 70.2 Å². The number of carboxylic acids is 1. The molecule has 7 rings (SSSR count). The fraction of sp³-hybridized carbons (Fsp3) is 0.436. The predicted molar refractivity (Wildman–Crippen MR) is 197 cm³/mol. The maximum atomic E-state index is 14.1. The Morgan fingerprint density at radius 2 is 1.50 bits per heavy atom. The van der Waals surface area contributed by atoms with E-state index < -0.39 is 161 Å². The van der Waals surface area contributed by atoms with E-state index in [0.717, 1.165) is 12.1 Å². The highest BCUT2D eigenvalue weighted by Gasteiger charge is 2.52. The van der Waals surface area contributed by atoms with Gasteiger partial charge in [-0.2, -0.15) is 0 Å². The molecule has 0 radical (unpaired) electrons. The Balaban J connectivity index is 1.37. The molecule has 2 aliphatic heterocycles. The fourth-order valence-corrected chi connectivity index (χ4v) is 8.22. The van der Waals surface area contributed by atoms with Gasteiger partial charge < -0.3 is 85.4 Å². The molecule has 21 nitrogen and oxygen atoms in total. The second kappa shape index (κ2) is 16.3. The minimum atomic E-state index is -1.95. The van der Waals surface area contributed by atoms with Gasteiger partial charge in [0.05, 0.1) is 43.1 Å². The van der Waals surface area contributed by atoms with Gasteiger partial charge in [0.1, 0.15) is 78.4 Å². The van der Waals surface area contributed by atoms with Gasteiger partial charge in [0.15, 0.2) is 24.1 Å². The molecule has 2 fully saturated rings. The number of nitrogens with one attached hydrogen (secondary N) is 2. The number of likely N-dealkylation sites (N-methyl/N-ethyl adjacent to an activating group) is 1. The van der Waals surface area contributed by atoms with Gasteiger partial charge in [0.25, 0.3) is 5.91 Å². The summed E-state index contributed by atoms with van der Waals surface area (Å²) in [6, 6.07) is 3.51. The second-order valence-corrected chi connectivity index (χ2v) is 14.7. The number of aromatic hydroxyl groups is 3. The number of methoxy groups -OCH3 is 1. The molecule has 11 atom stereocenters. The smallest absolute Gasteiger partial charge is 0.322 e. The van der Waals surface area contributed by atoms with Crippen molar-refractivity contribution >= 4 is 23.4 Å². The Morgan fingerprint density at radius 1 is 0.833 bits per heavy atom. The summed E-state index contributed by atoms with van der Waals surface area (Å²) in [6.45, 7) is -0.673. The van der Waals surface area contributed by atoms with Crippen LogP contribution in [0.4, 0.5) is 0 Å². The quantitative estimate of drug-likeness (QED) is 0.0819. The third-order valence-electron chi connectivity index (χ3n) is 11.1. The molecule has 12 N–H and O–H groups in total. The Morgan fingerprint density at radius 3 is 2.15 bits per heavy atom. The van der Waals surface area contributed by atoms with Gasteiger partial charge >= 0.3 is 5.97 Å². The summed E-state index contributed by atoms with van der Waals surface area (Å²) in [5, 5.41) is 114. The van der Waals surface area contributed by atoms with Crippen LogP contribution in [0.5, 0.6) is 23.0 Å². The van der Waals surface area contributed by atoms with Gasteiger partial charge in [-0.3, -0.25) is 19.2 Å². The van der Waals surface area contributed by atoms with Crippen LogP contribution < -0.4 is 15.4 Å². The lowest BCUT2D eigenvalue weighted by molar-refractivity contribution is -0.342. The number of phenolic OH excluding ortho intramolecular Hbond substituents is 3. The van der Waals surface area contributed by atoms with E-state index in [-0.39, 0.29) is 28.0 Å². The monoisotopic (exact) mass is 842 g/mol. The molecule has 4 aliphatic rings. The lowest BCUT2D eigenvalue weighted by Gasteiger charge is -2.47. The van der Waals surface area contributed by atoms with Gasteiger partial charge in [0.2, 0.25) is 0 Å². The second-order valence-electron chi connectivity index (χ2n) is 14.7. The highest BCUT2D eigenvalue weighted by molar-refractivity contribution is 6.31. The molecule has 0 unspecified atom stereocenters. The SMILES string of the molecule is CN[C@@H]1[C@H](O[C@@H]2OC[C@@H](O)[C@H](O)[C@H]2O)[C@@H](O)[C@H](O[C@H]2c3cc(C)c(C(=O)NCC(=O)O)c(O)c3-c3c(cc4c(c3O)C(=O)c3cc(OC)cc(O)c3C4=O)[C@@H]2O)O[C@@H]1CO. The molecular formula is C39H42N2O19. The first-order valence-electron chi connectivity index (χ1n) is 18.5. The van der Waals surface area contributed by atoms with Crippen LogP contribution in [0, 0.1) is 6.92 Å². The molecule has 322 valence electrons. The van der Waals surface area contributed by atoms with E-state index in [1.807, 2.05) is 0 Å². The van der Waals surface area contributed by atoms with Crippen molar-refractivity contribution in [2.24, 2.45) is 0 Å². The fourth-order valence-electron chi connectivity index (χ4n) is 8.22. The number of amides is 1. The summed E-state index contributed by atoms with van der Waals surface area (Å²) in [5.41, 5.74) is -3.69. The normalized spacial score (nSPS) is 29.5. The van der Waals surface area contributed by atoms with Gasteiger partial charge in [0, 0.05) is 28.3 Å². The van der Waals surface area contributed by atoms with Crippen molar-refractivity contribution in [3.05, 3.63) is 68.8 Å². The van der Waals surface area contributed by atoms with E-state index in [0.29, 0.717) is 0 Å². The number of benzene rings is 3. The number of carboxylic acid groups (broad SMARTS) is 1. The molecule has 0 bridgehead atoms. The van der Waals surface area contributed by atoms with Crippen LogP contribution >= 0.6 is 0 Å². The number of ether oxygens (including phenoxy) is 5. The van der Waals surface area contributed by atoms with Crippen molar-refractivity contribution in [2.75, 3.05) is 33.9 Å². The summed E-state index contributed by atoms with van der Waals surface area (Å²) in [6.07, 6.45) is -16.7. The number of aliphatic hydroxyl groups excluding tert-OH is 6. The van der Waals surface area contributed by atoms with Crippen molar-refractivity contribution in [1.82, 2.24) is 10.6 Å². The number of carbonyl (C=O) groups is 4. The maximum Gasteiger partial charge on any atom is 0.322 e. The van der Waals surface area contributed by atoms with Crippen molar-refractivity contribution in [3.63, 3.8) is 0 Å². The molecular weight excluding hydrogens is 800 g/mol. The summed E-state index contributed by atoms with van der Waals surface area (Å²) < 4.78 is 28.6. The summed E-state index contributed by atoms with van der Waals surface area (Å²) in [5.74, 6) is -6.82. The highest BCUT2D eigenvalue weighted by Crippen LogP contribution is 2.57. The molecule has 1 amide bonds. The molecule has 3 aromatic carbocycles. The number of hydrogen-bond donors (Lipinski definition) is 12. The first-order chi connectivity index (χ1) is 28.4. The van der Waals surface area contributed by atoms with Gasteiger partial charge in [-0.25, -0.2) is 0 Å². The maximum absolute atomic E-state index is 14.1. The third kappa shape index (κ3) is 6.92. The van der Waals surface area contributed by atoms with Crippen LogP contribution in [0.25, 0.3) is 11.1 Å². The van der Waals surface area contributed by atoms with Crippen LogP contribution in [0.2, 0.25) is 0 Å². The van der Waals surface area contributed by atoms with E-state index >= 15 is 0 Å². The molecule has 2 aliphatic carbocycles. The lowest BCUT2D eigenvalue weighted by Crippen LogP contribution is -2.66. The van der Waals surface area contributed by atoms with Gasteiger partial charge in [-0.05, 0) is 42.8 Å². The number of phenols is 3. The van der Waals surface area contributed by atoms with Crippen LogP contribution in [0.1, 0.15) is 71.1 Å². The average Bonchev–Trinajstić information content (AvgIpc) is 3.21. The largest absolute Gasteiger partial charge is 0.507 e. The van der Waals surface area contributed by atoms with Crippen LogP contribution in [-0.2, 0) is 23.7 Å². The number of aryl methyl sites for hydroxylation is 1. The summed E-state index contributed by atoms with van der Waals surface area (Å²) in [4.78, 5) is 52.7. The average molecular weight is 843 g/mol. The molecule has 2 heterocycles. The Bertz CT molecular complexity index is 2260. The Hall–Kier alpha value is -5.30. The third-order valence-corrected chi connectivity index (χ3v) is 11.1. The van der Waals surface area contributed by atoms with E-state index in [1.165, 1.54) is 33.2 Å². The highest BCUT2D eigenvalue weighted by atomic mass is 16.7. The lowest BCUT2D eigenvalue weighted by atomic mass is 9.74. The van der Waals surface area contributed by atoms with Crippen LogP contribution in [0.3, 0.4) is 0 Å². The van der Waals surface area contributed by atoms with Crippen molar-refractivity contribution < 1.29 is 93.9 Å². The molecule has 21 heteroatoms. The number of aliphatic carboxylic acids is 1. The Kier molecular flexibility index (Phi) is 11.6. The minimum Gasteiger partial charge on any atom is -0.507 e. The van der Waals surface area contributed by atoms with Crippen molar-refractivity contribution in [1.29, 1.82) is 0 Å². The molecule has 0 spiro atoms. The van der Waals surface area contributed by atoms with Gasteiger partial charge in [-0.15, -0.1) is 0 Å². The number of carbonyl (C=O) groups excluding carboxylic acids is 3. The van der Waals surface area contributed by atoms with Crippen molar-refractivity contribution in [2.45, 2.75) is 74.4 Å².